The average molecular weight is 353 g/mol. The summed E-state index contributed by atoms with van der Waals surface area (Å²) in [6.07, 6.45) is 1.84. The van der Waals surface area contributed by atoms with Gasteiger partial charge in [0.15, 0.2) is 5.69 Å². The van der Waals surface area contributed by atoms with Gasteiger partial charge in [-0.05, 0) is 49.7 Å². The lowest BCUT2D eigenvalue weighted by molar-refractivity contribution is -0.116. The summed E-state index contributed by atoms with van der Waals surface area (Å²) in [5.74, 6) is -0.543. The number of aromatic nitrogens is 2. The van der Waals surface area contributed by atoms with Gasteiger partial charge in [-0.3, -0.25) is 4.79 Å². The van der Waals surface area contributed by atoms with Gasteiger partial charge in [-0.25, -0.2) is 9.78 Å². The molecular weight excluding hydrogens is 334 g/mol. The second-order valence-corrected chi connectivity index (χ2v) is 6.01. The Balaban J connectivity index is 1.79. The van der Waals surface area contributed by atoms with Gasteiger partial charge in [0, 0.05) is 17.1 Å². The number of aromatic carboxylic acids is 1. The summed E-state index contributed by atoms with van der Waals surface area (Å²) in [5.41, 5.74) is 2.38. The normalized spacial score (nSPS) is 10.7. The van der Waals surface area contributed by atoms with Crippen molar-refractivity contribution in [3.8, 4) is 5.75 Å². The smallest absolute Gasteiger partial charge is 0.354 e. The number of amides is 1. The third-order valence-electron chi connectivity index (χ3n) is 4.17. The van der Waals surface area contributed by atoms with Crippen molar-refractivity contribution in [2.24, 2.45) is 0 Å². The number of pyridine rings is 1. The number of hydrogen-bond donors (Lipinski definition) is 2. The molecular formula is C19H19N3O4. The maximum atomic E-state index is 12.4. The van der Waals surface area contributed by atoms with Gasteiger partial charge < -0.3 is 19.7 Å². The molecule has 2 N–H and O–H groups in total. The van der Waals surface area contributed by atoms with E-state index in [0.717, 1.165) is 16.7 Å². The number of nitrogens with one attached hydrogen (secondary N) is 1. The van der Waals surface area contributed by atoms with E-state index in [0.29, 0.717) is 16.9 Å². The van der Waals surface area contributed by atoms with Crippen LogP contribution in [0.25, 0.3) is 10.9 Å². The van der Waals surface area contributed by atoms with Crippen molar-refractivity contribution < 1.29 is 19.4 Å². The Bertz CT molecular complexity index is 1010. The van der Waals surface area contributed by atoms with E-state index in [9.17, 15) is 9.59 Å². The standard InChI is InChI=1S/C19H19N3O4/c1-11-8-15(12(2)20-18(11)19(24)25)21-17(23)10-22-7-6-13-9-14(26-3)4-5-16(13)22/h4-9H,10H2,1-3H3,(H,21,23)(H,24,25). The summed E-state index contributed by atoms with van der Waals surface area (Å²) >= 11 is 0. The summed E-state index contributed by atoms with van der Waals surface area (Å²) in [6.45, 7) is 3.45. The number of carbonyl (C=O) groups excluding carboxylic acids is 1. The van der Waals surface area contributed by atoms with Gasteiger partial charge in [0.1, 0.15) is 12.3 Å². The topological polar surface area (TPSA) is 93.5 Å². The maximum Gasteiger partial charge on any atom is 0.354 e. The highest BCUT2D eigenvalue weighted by molar-refractivity contribution is 5.94. The van der Waals surface area contributed by atoms with Crippen LogP contribution in [0.15, 0.2) is 36.5 Å². The van der Waals surface area contributed by atoms with E-state index in [-0.39, 0.29) is 18.1 Å². The number of rotatable bonds is 5. The fraction of sp³-hybridized carbons (Fsp3) is 0.211. The number of methoxy groups -OCH3 is 1. The quantitative estimate of drug-likeness (QED) is 0.735. The van der Waals surface area contributed by atoms with Gasteiger partial charge in [-0.2, -0.15) is 0 Å². The fourth-order valence-electron chi connectivity index (χ4n) is 2.84. The van der Waals surface area contributed by atoms with Crippen LogP contribution in [0, 0.1) is 13.8 Å². The Morgan fingerprint density at radius 1 is 1.23 bits per heavy atom. The SMILES string of the molecule is COc1ccc2c(ccn2CC(=O)Nc2cc(C)c(C(=O)O)nc2C)c1. The fourth-order valence-corrected chi connectivity index (χ4v) is 2.84. The molecule has 1 amide bonds. The third kappa shape index (κ3) is 3.37. The largest absolute Gasteiger partial charge is 0.497 e. The first-order chi connectivity index (χ1) is 12.4. The molecule has 0 aliphatic heterocycles. The van der Waals surface area contributed by atoms with Crippen LogP contribution in [0.3, 0.4) is 0 Å². The first-order valence-electron chi connectivity index (χ1n) is 8.03. The number of ether oxygens (including phenoxy) is 1. The lowest BCUT2D eigenvalue weighted by atomic mass is 10.1. The van der Waals surface area contributed by atoms with Gasteiger partial charge in [0.2, 0.25) is 5.91 Å². The molecule has 2 heterocycles. The molecule has 0 fully saturated rings. The Morgan fingerprint density at radius 2 is 2.00 bits per heavy atom. The predicted molar refractivity (Wildman–Crippen MR) is 97.8 cm³/mol. The van der Waals surface area contributed by atoms with E-state index in [1.807, 2.05) is 35.0 Å². The minimum atomic E-state index is -1.09. The molecule has 3 aromatic rings. The molecule has 2 aromatic heterocycles. The molecule has 0 saturated heterocycles. The van der Waals surface area contributed by atoms with Crippen LogP contribution in [0.5, 0.6) is 5.75 Å². The molecule has 3 rings (SSSR count). The van der Waals surface area contributed by atoms with Crippen molar-refractivity contribution >= 4 is 28.5 Å². The average Bonchev–Trinajstić information content (AvgIpc) is 2.99. The number of anilines is 1. The molecule has 0 spiro atoms. The summed E-state index contributed by atoms with van der Waals surface area (Å²) in [7, 11) is 1.61. The van der Waals surface area contributed by atoms with Crippen molar-refractivity contribution in [3.63, 3.8) is 0 Å². The summed E-state index contributed by atoms with van der Waals surface area (Å²) in [5, 5.41) is 12.9. The van der Waals surface area contributed by atoms with E-state index in [4.69, 9.17) is 9.84 Å². The van der Waals surface area contributed by atoms with Crippen LogP contribution in [0.2, 0.25) is 0 Å². The summed E-state index contributed by atoms with van der Waals surface area (Å²) in [4.78, 5) is 27.6. The van der Waals surface area contributed by atoms with Gasteiger partial charge >= 0.3 is 5.97 Å². The first kappa shape index (κ1) is 17.5. The van der Waals surface area contributed by atoms with Gasteiger partial charge in [0.05, 0.1) is 18.5 Å². The zero-order chi connectivity index (χ0) is 18.8. The number of carboxylic acids is 1. The minimum Gasteiger partial charge on any atom is -0.497 e. The van der Waals surface area contributed by atoms with Crippen molar-refractivity contribution in [2.75, 3.05) is 12.4 Å². The maximum absolute atomic E-state index is 12.4. The van der Waals surface area contributed by atoms with Crippen LogP contribution in [0.4, 0.5) is 5.69 Å². The molecule has 134 valence electrons. The molecule has 7 heteroatoms. The van der Waals surface area contributed by atoms with Crippen molar-refractivity contribution in [1.82, 2.24) is 9.55 Å². The van der Waals surface area contributed by atoms with Crippen molar-refractivity contribution in [1.29, 1.82) is 0 Å². The van der Waals surface area contributed by atoms with E-state index >= 15 is 0 Å². The summed E-state index contributed by atoms with van der Waals surface area (Å²) < 4.78 is 7.04. The highest BCUT2D eigenvalue weighted by Crippen LogP contribution is 2.22. The number of hydrogen-bond acceptors (Lipinski definition) is 4. The molecule has 0 bridgehead atoms. The molecule has 0 aliphatic carbocycles. The molecule has 0 saturated carbocycles. The number of carbonyl (C=O) groups is 2. The highest BCUT2D eigenvalue weighted by Gasteiger charge is 2.14. The Hall–Kier alpha value is -3.35. The number of fused-ring (bicyclic) bond motifs is 1. The van der Waals surface area contributed by atoms with Gasteiger partial charge in [-0.1, -0.05) is 0 Å². The first-order valence-corrected chi connectivity index (χ1v) is 8.03. The zero-order valence-electron chi connectivity index (χ0n) is 14.7. The number of benzene rings is 1. The molecule has 0 unspecified atom stereocenters. The predicted octanol–water partition coefficient (Wildman–Crippen LogP) is 3.00. The number of carboxylic acid groups (broad SMARTS) is 1. The lowest BCUT2D eigenvalue weighted by Gasteiger charge is -2.11. The molecule has 7 nitrogen and oxygen atoms in total. The van der Waals surface area contributed by atoms with Crippen LogP contribution in [-0.2, 0) is 11.3 Å². The molecule has 0 atom stereocenters. The van der Waals surface area contributed by atoms with E-state index < -0.39 is 5.97 Å². The monoisotopic (exact) mass is 353 g/mol. The highest BCUT2D eigenvalue weighted by atomic mass is 16.5. The van der Waals surface area contributed by atoms with E-state index in [1.54, 1.807) is 27.0 Å². The Labute approximate surface area is 150 Å². The Kier molecular flexibility index (Phi) is 4.62. The Morgan fingerprint density at radius 3 is 2.69 bits per heavy atom. The van der Waals surface area contributed by atoms with Crippen LogP contribution < -0.4 is 10.1 Å². The molecule has 0 aliphatic rings. The summed E-state index contributed by atoms with van der Waals surface area (Å²) in [6, 6.07) is 9.21. The van der Waals surface area contributed by atoms with Gasteiger partial charge in [-0.15, -0.1) is 0 Å². The molecule has 1 aromatic carbocycles. The van der Waals surface area contributed by atoms with E-state index in [2.05, 4.69) is 10.3 Å². The van der Waals surface area contributed by atoms with Crippen LogP contribution >= 0.6 is 0 Å². The third-order valence-corrected chi connectivity index (χ3v) is 4.17. The van der Waals surface area contributed by atoms with Crippen molar-refractivity contribution in [3.05, 3.63) is 53.5 Å². The van der Waals surface area contributed by atoms with E-state index in [1.165, 1.54) is 0 Å². The lowest BCUT2D eigenvalue weighted by Crippen LogP contribution is -2.19. The second-order valence-electron chi connectivity index (χ2n) is 6.01. The van der Waals surface area contributed by atoms with Gasteiger partial charge in [0.25, 0.3) is 0 Å². The zero-order valence-corrected chi connectivity index (χ0v) is 14.7. The number of nitrogens with zero attached hydrogens (tertiary/aromatic N) is 2. The molecule has 0 radical (unpaired) electrons. The van der Waals surface area contributed by atoms with Crippen molar-refractivity contribution in [2.45, 2.75) is 20.4 Å². The molecule has 26 heavy (non-hydrogen) atoms. The number of aryl methyl sites for hydroxylation is 2. The second kappa shape index (κ2) is 6.87. The van der Waals surface area contributed by atoms with Crippen LogP contribution in [0.1, 0.15) is 21.7 Å². The van der Waals surface area contributed by atoms with Crippen LogP contribution in [-0.4, -0.2) is 33.6 Å². The minimum absolute atomic E-state index is 0.00847.